The van der Waals surface area contributed by atoms with E-state index in [4.69, 9.17) is 0 Å². The number of carbonyl (C=O) groups is 2. The van der Waals surface area contributed by atoms with Crippen molar-refractivity contribution in [3.63, 3.8) is 0 Å². The van der Waals surface area contributed by atoms with Crippen molar-refractivity contribution >= 4 is 11.8 Å². The third-order valence-electron chi connectivity index (χ3n) is 2.15. The molecule has 0 saturated carbocycles. The average Bonchev–Trinajstić information content (AvgIpc) is 2.34. The molecule has 12 heavy (non-hydrogen) atoms. The van der Waals surface area contributed by atoms with E-state index in [1.165, 1.54) is 6.92 Å². The second-order valence-corrected chi connectivity index (χ2v) is 3.26. The van der Waals surface area contributed by atoms with Crippen LogP contribution in [0.1, 0.15) is 20.3 Å². The van der Waals surface area contributed by atoms with Crippen LogP contribution in [0.3, 0.4) is 0 Å². The van der Waals surface area contributed by atoms with Crippen molar-refractivity contribution in [1.29, 1.82) is 0 Å². The Bertz CT molecular complexity index is 203. The van der Waals surface area contributed by atoms with Crippen LogP contribution in [0.15, 0.2) is 0 Å². The highest BCUT2D eigenvalue weighted by Gasteiger charge is 2.26. The molecule has 2 unspecified atom stereocenters. The third kappa shape index (κ3) is 2.22. The van der Waals surface area contributed by atoms with Crippen molar-refractivity contribution in [3.05, 3.63) is 0 Å². The van der Waals surface area contributed by atoms with Crippen molar-refractivity contribution in [2.75, 3.05) is 6.54 Å². The molecule has 0 radical (unpaired) electrons. The first-order chi connectivity index (χ1) is 5.59. The van der Waals surface area contributed by atoms with Gasteiger partial charge in [-0.3, -0.25) is 9.59 Å². The lowest BCUT2D eigenvalue weighted by atomic mass is 10.0. The Hall–Kier alpha value is -1.06. The molecule has 0 aromatic carbocycles. The molecular formula is C8H14N2O2. The zero-order valence-electron chi connectivity index (χ0n) is 7.39. The van der Waals surface area contributed by atoms with E-state index in [9.17, 15) is 9.59 Å². The van der Waals surface area contributed by atoms with E-state index in [-0.39, 0.29) is 23.8 Å². The largest absolute Gasteiger partial charge is 0.356 e. The fraction of sp³-hybridized carbons (Fsp3) is 0.750. The maximum Gasteiger partial charge on any atom is 0.220 e. The Morgan fingerprint density at radius 1 is 1.75 bits per heavy atom. The highest BCUT2D eigenvalue weighted by Crippen LogP contribution is 2.12. The average molecular weight is 170 g/mol. The van der Waals surface area contributed by atoms with Crippen molar-refractivity contribution in [1.82, 2.24) is 10.6 Å². The van der Waals surface area contributed by atoms with Crippen molar-refractivity contribution < 1.29 is 9.59 Å². The van der Waals surface area contributed by atoms with Crippen molar-refractivity contribution in [2.24, 2.45) is 5.92 Å². The summed E-state index contributed by atoms with van der Waals surface area (Å²) in [5.74, 6) is 0.292. The second-order valence-electron chi connectivity index (χ2n) is 3.26. The van der Waals surface area contributed by atoms with Gasteiger partial charge < -0.3 is 10.6 Å². The van der Waals surface area contributed by atoms with Crippen LogP contribution in [0.2, 0.25) is 0 Å². The number of hydrogen-bond donors (Lipinski definition) is 2. The molecule has 1 aliphatic rings. The second kappa shape index (κ2) is 3.56. The SMILES string of the molecule is CC(=O)NC(C)C1CNC(=O)C1. The van der Waals surface area contributed by atoms with Gasteiger partial charge in [0.1, 0.15) is 0 Å². The number of amides is 2. The Kier molecular flexibility index (Phi) is 2.68. The highest BCUT2D eigenvalue weighted by molar-refractivity contribution is 5.78. The van der Waals surface area contributed by atoms with Gasteiger partial charge in [-0.25, -0.2) is 0 Å². The molecule has 68 valence electrons. The van der Waals surface area contributed by atoms with E-state index in [0.717, 1.165) is 0 Å². The monoisotopic (exact) mass is 170 g/mol. The lowest BCUT2D eigenvalue weighted by molar-refractivity contribution is -0.121. The van der Waals surface area contributed by atoms with Gasteiger partial charge in [0.15, 0.2) is 0 Å². The first kappa shape index (κ1) is 9.03. The van der Waals surface area contributed by atoms with Crippen molar-refractivity contribution in [2.45, 2.75) is 26.3 Å². The van der Waals surface area contributed by atoms with Gasteiger partial charge in [0, 0.05) is 31.8 Å². The summed E-state index contributed by atoms with van der Waals surface area (Å²) in [6.45, 7) is 4.09. The number of nitrogens with one attached hydrogen (secondary N) is 2. The zero-order chi connectivity index (χ0) is 9.14. The number of hydrogen-bond acceptors (Lipinski definition) is 2. The van der Waals surface area contributed by atoms with Crippen LogP contribution < -0.4 is 10.6 Å². The Morgan fingerprint density at radius 2 is 2.42 bits per heavy atom. The highest BCUT2D eigenvalue weighted by atomic mass is 16.2. The Morgan fingerprint density at radius 3 is 2.83 bits per heavy atom. The third-order valence-corrected chi connectivity index (χ3v) is 2.15. The van der Waals surface area contributed by atoms with Crippen LogP contribution in [-0.4, -0.2) is 24.4 Å². The van der Waals surface area contributed by atoms with E-state index in [2.05, 4.69) is 10.6 Å². The maximum atomic E-state index is 10.8. The summed E-state index contributed by atoms with van der Waals surface area (Å²) in [7, 11) is 0. The van der Waals surface area contributed by atoms with Crippen LogP contribution in [-0.2, 0) is 9.59 Å². The minimum Gasteiger partial charge on any atom is -0.356 e. The van der Waals surface area contributed by atoms with Gasteiger partial charge in [0.2, 0.25) is 11.8 Å². The van der Waals surface area contributed by atoms with Gasteiger partial charge in [-0.2, -0.15) is 0 Å². The smallest absolute Gasteiger partial charge is 0.220 e. The Balaban J connectivity index is 2.37. The number of rotatable bonds is 2. The molecule has 2 atom stereocenters. The molecule has 0 aromatic heterocycles. The molecule has 1 heterocycles. The first-order valence-electron chi connectivity index (χ1n) is 4.13. The standard InChI is InChI=1S/C8H14N2O2/c1-5(10-6(2)11)7-3-8(12)9-4-7/h5,7H,3-4H2,1-2H3,(H,9,12)(H,10,11). The van der Waals surface area contributed by atoms with E-state index in [1.54, 1.807) is 0 Å². The van der Waals surface area contributed by atoms with E-state index >= 15 is 0 Å². The minimum atomic E-state index is -0.0400. The summed E-state index contributed by atoms with van der Waals surface area (Å²) in [5, 5.41) is 5.51. The molecule has 2 amide bonds. The molecule has 4 nitrogen and oxygen atoms in total. The van der Waals surface area contributed by atoms with Crippen LogP contribution in [0.4, 0.5) is 0 Å². The van der Waals surface area contributed by atoms with E-state index in [0.29, 0.717) is 13.0 Å². The van der Waals surface area contributed by atoms with Gasteiger partial charge in [-0.1, -0.05) is 0 Å². The van der Waals surface area contributed by atoms with Gasteiger partial charge in [0.25, 0.3) is 0 Å². The lowest BCUT2D eigenvalue weighted by Crippen LogP contribution is -2.37. The topological polar surface area (TPSA) is 58.2 Å². The van der Waals surface area contributed by atoms with Gasteiger partial charge >= 0.3 is 0 Å². The molecule has 1 rings (SSSR count). The fourth-order valence-electron chi connectivity index (χ4n) is 1.42. The van der Waals surface area contributed by atoms with Gasteiger partial charge in [-0.15, -0.1) is 0 Å². The summed E-state index contributed by atoms with van der Waals surface area (Å²) in [5.41, 5.74) is 0. The van der Waals surface area contributed by atoms with Gasteiger partial charge in [0.05, 0.1) is 0 Å². The predicted molar refractivity (Wildman–Crippen MR) is 44.4 cm³/mol. The summed E-state index contributed by atoms with van der Waals surface area (Å²) in [6, 6.07) is 0.0847. The Labute approximate surface area is 71.7 Å². The molecule has 0 aliphatic carbocycles. The van der Waals surface area contributed by atoms with Crippen LogP contribution in [0.25, 0.3) is 0 Å². The molecule has 0 aromatic rings. The minimum absolute atomic E-state index is 0.0400. The lowest BCUT2D eigenvalue weighted by Gasteiger charge is -2.17. The van der Waals surface area contributed by atoms with Crippen LogP contribution >= 0.6 is 0 Å². The molecule has 4 heteroatoms. The van der Waals surface area contributed by atoms with Gasteiger partial charge in [-0.05, 0) is 6.92 Å². The molecular weight excluding hydrogens is 156 g/mol. The number of carbonyl (C=O) groups excluding carboxylic acids is 2. The quantitative estimate of drug-likeness (QED) is 0.595. The molecule has 2 N–H and O–H groups in total. The molecule has 1 fully saturated rings. The molecule has 0 spiro atoms. The van der Waals surface area contributed by atoms with Crippen LogP contribution in [0, 0.1) is 5.92 Å². The normalized spacial score (nSPS) is 24.8. The van der Waals surface area contributed by atoms with Crippen molar-refractivity contribution in [3.8, 4) is 0 Å². The summed E-state index contributed by atoms with van der Waals surface area (Å²) >= 11 is 0. The molecule has 1 saturated heterocycles. The summed E-state index contributed by atoms with van der Waals surface area (Å²) < 4.78 is 0. The maximum absolute atomic E-state index is 10.8. The first-order valence-corrected chi connectivity index (χ1v) is 4.13. The predicted octanol–water partition coefficient (Wildman–Crippen LogP) is -0.353. The zero-order valence-corrected chi connectivity index (χ0v) is 7.39. The van der Waals surface area contributed by atoms with Crippen LogP contribution in [0.5, 0.6) is 0 Å². The molecule has 1 aliphatic heterocycles. The van der Waals surface area contributed by atoms with E-state index < -0.39 is 0 Å². The van der Waals surface area contributed by atoms with E-state index in [1.807, 2.05) is 6.92 Å². The fourth-order valence-corrected chi connectivity index (χ4v) is 1.42. The molecule has 0 bridgehead atoms. The summed E-state index contributed by atoms with van der Waals surface area (Å²) in [4.78, 5) is 21.5. The summed E-state index contributed by atoms with van der Waals surface area (Å²) in [6.07, 6.45) is 0.529.